The van der Waals surface area contributed by atoms with E-state index in [0.717, 1.165) is 4.90 Å². The van der Waals surface area contributed by atoms with E-state index in [1.54, 1.807) is 46.8 Å². The monoisotopic (exact) mass is 518 g/mol. The van der Waals surface area contributed by atoms with Crippen LogP contribution in [0.2, 0.25) is 0 Å². The Morgan fingerprint density at radius 3 is 2.35 bits per heavy atom. The third-order valence-electron chi connectivity index (χ3n) is 5.40. The predicted octanol–water partition coefficient (Wildman–Crippen LogP) is 2.79. The van der Waals surface area contributed by atoms with Gasteiger partial charge in [0.2, 0.25) is 11.8 Å². The van der Waals surface area contributed by atoms with Crippen LogP contribution in [0.4, 0.5) is 4.79 Å². The lowest BCUT2D eigenvalue weighted by atomic mass is 9.95. The molecule has 3 atom stereocenters. The molecule has 3 unspecified atom stereocenters. The molecule has 0 aliphatic carbocycles. The Kier molecular flexibility index (Phi) is 12.4. The van der Waals surface area contributed by atoms with Crippen molar-refractivity contribution < 1.29 is 33.8 Å². The fourth-order valence-corrected chi connectivity index (χ4v) is 3.46. The fraction of sp³-hybridized carbons (Fsp3) is 0.577. The Morgan fingerprint density at radius 2 is 1.81 bits per heavy atom. The van der Waals surface area contributed by atoms with Crippen LogP contribution in [0.5, 0.6) is 5.75 Å². The van der Waals surface area contributed by atoms with Crippen LogP contribution >= 0.6 is 0 Å². The number of phenolic OH excluding ortho intramolecular Hbond substituents is 1. The first-order chi connectivity index (χ1) is 17.4. The van der Waals surface area contributed by atoms with Crippen molar-refractivity contribution in [2.24, 2.45) is 5.92 Å². The number of esters is 1. The third kappa shape index (κ3) is 9.99. The highest BCUT2D eigenvalue weighted by Gasteiger charge is 2.39. The molecule has 0 heterocycles. The van der Waals surface area contributed by atoms with Gasteiger partial charge in [-0.3, -0.25) is 14.4 Å². The molecule has 3 amide bonds. The van der Waals surface area contributed by atoms with Crippen LogP contribution in [-0.2, 0) is 23.9 Å². The number of nitriles is 1. The summed E-state index contributed by atoms with van der Waals surface area (Å²) < 4.78 is 10.2. The second-order valence-corrected chi connectivity index (χ2v) is 9.44. The van der Waals surface area contributed by atoms with E-state index in [1.807, 2.05) is 13.0 Å². The summed E-state index contributed by atoms with van der Waals surface area (Å²) in [4.78, 5) is 52.4. The first-order valence-electron chi connectivity index (χ1n) is 12.2. The van der Waals surface area contributed by atoms with Gasteiger partial charge in [-0.15, -0.1) is 0 Å². The molecule has 0 saturated heterocycles. The molecule has 0 spiro atoms. The molecule has 11 nitrogen and oxygen atoms in total. The lowest BCUT2D eigenvalue weighted by Gasteiger charge is -2.34. The van der Waals surface area contributed by atoms with Crippen molar-refractivity contribution >= 4 is 23.9 Å². The van der Waals surface area contributed by atoms with Crippen LogP contribution in [0.15, 0.2) is 24.3 Å². The first kappa shape index (κ1) is 31.2. The summed E-state index contributed by atoms with van der Waals surface area (Å²) in [5.74, 6) is -2.56. The van der Waals surface area contributed by atoms with E-state index >= 15 is 0 Å². The molecule has 1 aromatic carbocycles. The Labute approximate surface area is 218 Å². The highest BCUT2D eigenvalue weighted by Crippen LogP contribution is 2.30. The molecule has 0 bridgehead atoms. The molecule has 0 aromatic heterocycles. The number of aromatic hydroxyl groups is 1. The Bertz CT molecular complexity index is 984. The van der Waals surface area contributed by atoms with Crippen LogP contribution in [0.3, 0.4) is 0 Å². The smallest absolute Gasteiger partial charge is 0.408 e. The minimum atomic E-state index is -1.41. The Morgan fingerprint density at radius 1 is 1.16 bits per heavy atom. The van der Waals surface area contributed by atoms with E-state index in [4.69, 9.17) is 9.47 Å². The van der Waals surface area contributed by atoms with Crippen LogP contribution in [0.1, 0.15) is 66.0 Å². The number of hydrogen-bond donors (Lipinski definition) is 3. The molecule has 204 valence electrons. The lowest BCUT2D eigenvalue weighted by Crippen LogP contribution is -2.55. The maximum absolute atomic E-state index is 13.8. The topological polar surface area (TPSA) is 158 Å². The minimum absolute atomic E-state index is 0.0820. The highest BCUT2D eigenvalue weighted by atomic mass is 16.6. The van der Waals surface area contributed by atoms with Gasteiger partial charge in [0.25, 0.3) is 0 Å². The van der Waals surface area contributed by atoms with Gasteiger partial charge in [-0.25, -0.2) is 4.79 Å². The molecular weight excluding hydrogens is 480 g/mol. The van der Waals surface area contributed by atoms with Gasteiger partial charge in [0.15, 0.2) is 0 Å². The molecule has 0 aliphatic rings. The second-order valence-electron chi connectivity index (χ2n) is 9.44. The van der Waals surface area contributed by atoms with E-state index in [1.165, 1.54) is 12.1 Å². The van der Waals surface area contributed by atoms with Crippen molar-refractivity contribution in [3.8, 4) is 11.8 Å². The van der Waals surface area contributed by atoms with Crippen LogP contribution < -0.4 is 10.6 Å². The van der Waals surface area contributed by atoms with Gasteiger partial charge in [-0.1, -0.05) is 38.5 Å². The van der Waals surface area contributed by atoms with Crippen LogP contribution in [0, 0.1) is 17.2 Å². The average molecular weight is 519 g/mol. The number of phenols is 1. The molecule has 37 heavy (non-hydrogen) atoms. The maximum Gasteiger partial charge on any atom is 0.408 e. The van der Waals surface area contributed by atoms with Crippen molar-refractivity contribution in [2.75, 3.05) is 19.7 Å². The number of carbonyl (C=O) groups is 4. The lowest BCUT2D eigenvalue weighted by molar-refractivity contribution is -0.144. The van der Waals surface area contributed by atoms with Gasteiger partial charge in [0.05, 0.1) is 19.1 Å². The predicted molar refractivity (Wildman–Crippen MR) is 135 cm³/mol. The number of benzene rings is 1. The zero-order valence-corrected chi connectivity index (χ0v) is 22.4. The highest BCUT2D eigenvalue weighted by molar-refractivity contribution is 5.93. The van der Waals surface area contributed by atoms with Gasteiger partial charge in [-0.2, -0.15) is 5.26 Å². The summed E-state index contributed by atoms with van der Waals surface area (Å²) >= 11 is 0. The maximum atomic E-state index is 13.8. The number of hydrogen-bond acceptors (Lipinski definition) is 8. The van der Waals surface area contributed by atoms with Crippen LogP contribution in [0.25, 0.3) is 0 Å². The molecular formula is C26H38N4O7. The van der Waals surface area contributed by atoms with Crippen molar-refractivity contribution in [3.05, 3.63) is 29.8 Å². The SMILES string of the molecule is CCOC(=O)CCNC(=O)C(c1ccccc1O)N(CC#N)C(=O)C(NC(=O)OC(C)(C)C)C(C)CC. The summed E-state index contributed by atoms with van der Waals surface area (Å²) in [5.41, 5.74) is -0.726. The summed E-state index contributed by atoms with van der Waals surface area (Å²) in [5, 5.41) is 25.2. The van der Waals surface area contributed by atoms with Gasteiger partial charge in [-0.05, 0) is 39.7 Å². The Hall–Kier alpha value is -3.81. The fourth-order valence-electron chi connectivity index (χ4n) is 3.46. The van der Waals surface area contributed by atoms with E-state index in [9.17, 15) is 29.5 Å². The van der Waals surface area contributed by atoms with Crippen molar-refractivity contribution in [1.29, 1.82) is 5.26 Å². The second kappa shape index (κ2) is 14.7. The van der Waals surface area contributed by atoms with Gasteiger partial charge >= 0.3 is 12.1 Å². The van der Waals surface area contributed by atoms with Gasteiger partial charge in [0, 0.05) is 12.1 Å². The van der Waals surface area contributed by atoms with Crippen molar-refractivity contribution in [3.63, 3.8) is 0 Å². The molecule has 1 aromatic rings. The molecule has 11 heteroatoms. The Balaban J connectivity index is 3.40. The van der Waals surface area contributed by atoms with Crippen molar-refractivity contribution in [2.45, 2.75) is 72.1 Å². The molecule has 1 rings (SSSR count). The minimum Gasteiger partial charge on any atom is -0.508 e. The van der Waals surface area contributed by atoms with E-state index < -0.39 is 48.1 Å². The summed E-state index contributed by atoms with van der Waals surface area (Å²) in [6.07, 6.45) is -0.421. The number of ether oxygens (including phenoxy) is 2. The van der Waals surface area contributed by atoms with E-state index in [-0.39, 0.29) is 36.8 Å². The molecule has 3 N–H and O–H groups in total. The van der Waals surface area contributed by atoms with E-state index in [2.05, 4.69) is 10.6 Å². The zero-order chi connectivity index (χ0) is 28.2. The standard InChI is InChI=1S/C26H38N4O7/c1-7-17(3)21(29-25(35)37-26(4,5)6)24(34)30(16-14-27)22(18-11-9-10-12-19(18)31)23(33)28-15-13-20(32)36-8-2/h9-12,17,21-22,31H,7-8,13,15-16H2,1-6H3,(H,28,33)(H,29,35). The quantitative estimate of drug-likeness (QED) is 0.281. The number of carbonyl (C=O) groups excluding carboxylic acids is 4. The molecule has 0 radical (unpaired) electrons. The van der Waals surface area contributed by atoms with Gasteiger partial charge in [0.1, 0.15) is 30.0 Å². The first-order valence-corrected chi connectivity index (χ1v) is 12.2. The summed E-state index contributed by atoms with van der Waals surface area (Å²) in [6.45, 7) is 9.90. The number of amides is 3. The van der Waals surface area contributed by atoms with Crippen molar-refractivity contribution in [1.82, 2.24) is 15.5 Å². The van der Waals surface area contributed by atoms with Crippen LogP contribution in [-0.4, -0.2) is 65.2 Å². The normalized spacial score (nSPS) is 13.3. The number of alkyl carbamates (subject to hydrolysis) is 1. The third-order valence-corrected chi connectivity index (χ3v) is 5.40. The summed E-state index contributed by atoms with van der Waals surface area (Å²) in [7, 11) is 0. The number of rotatable bonds is 12. The largest absolute Gasteiger partial charge is 0.508 e. The average Bonchev–Trinajstić information content (AvgIpc) is 2.81. The number of nitrogens with zero attached hydrogens (tertiary/aromatic N) is 2. The molecule has 0 aliphatic heterocycles. The molecule has 0 fully saturated rings. The van der Waals surface area contributed by atoms with E-state index in [0.29, 0.717) is 6.42 Å². The zero-order valence-electron chi connectivity index (χ0n) is 22.4. The number of para-hydroxylation sites is 1. The van der Waals surface area contributed by atoms with Gasteiger partial charge < -0.3 is 30.1 Å². The molecule has 0 saturated carbocycles. The number of nitrogens with one attached hydrogen (secondary N) is 2. The summed E-state index contributed by atoms with van der Waals surface area (Å²) in [6, 6.07) is 5.31.